The summed E-state index contributed by atoms with van der Waals surface area (Å²) in [6, 6.07) is 0. The number of aryl methyl sites for hydroxylation is 1. The first-order chi connectivity index (χ1) is 11.7. The molecule has 2 fully saturated rings. The molecule has 0 unspecified atom stereocenters. The van der Waals surface area contributed by atoms with Gasteiger partial charge in [0.25, 0.3) is 0 Å². The molecule has 3 rings (SSSR count). The van der Waals surface area contributed by atoms with Crippen molar-refractivity contribution >= 4 is 0 Å². The fourth-order valence-electron chi connectivity index (χ4n) is 3.64. The van der Waals surface area contributed by atoms with E-state index in [0.29, 0.717) is 25.7 Å². The van der Waals surface area contributed by atoms with Gasteiger partial charge in [-0.1, -0.05) is 0 Å². The molecule has 0 aromatic carbocycles. The van der Waals surface area contributed by atoms with Gasteiger partial charge in [0, 0.05) is 25.9 Å². The van der Waals surface area contributed by atoms with Gasteiger partial charge >= 0.3 is 0 Å². The zero-order valence-electron chi connectivity index (χ0n) is 14.8. The maximum atomic E-state index is 10.2. The molecule has 2 aliphatic heterocycles. The van der Waals surface area contributed by atoms with E-state index >= 15 is 0 Å². The Morgan fingerprint density at radius 1 is 1.38 bits per heavy atom. The van der Waals surface area contributed by atoms with E-state index in [9.17, 15) is 5.11 Å². The monoisotopic (exact) mass is 337 g/mol. The molecule has 0 saturated carbocycles. The van der Waals surface area contributed by atoms with Gasteiger partial charge in [-0.15, -0.1) is 0 Å². The van der Waals surface area contributed by atoms with Crippen LogP contribution in [0, 0.1) is 12.8 Å². The van der Waals surface area contributed by atoms with Crippen LogP contribution < -0.4 is 0 Å². The van der Waals surface area contributed by atoms with Crippen LogP contribution in [0.2, 0.25) is 0 Å². The second-order valence-electron chi connectivity index (χ2n) is 7.31. The third-order valence-corrected chi connectivity index (χ3v) is 5.02. The van der Waals surface area contributed by atoms with Crippen molar-refractivity contribution < 1.29 is 14.6 Å². The van der Waals surface area contributed by atoms with Gasteiger partial charge < -0.3 is 19.5 Å². The van der Waals surface area contributed by atoms with Crippen LogP contribution in [-0.4, -0.2) is 71.4 Å². The number of rotatable bonds is 8. The second-order valence-corrected chi connectivity index (χ2v) is 7.31. The lowest BCUT2D eigenvalue weighted by molar-refractivity contribution is -0.0276. The van der Waals surface area contributed by atoms with Crippen molar-refractivity contribution in [3.05, 3.63) is 18.0 Å². The molecule has 1 aromatic heterocycles. The Balaban J connectivity index is 1.28. The third kappa shape index (κ3) is 5.55. The molecule has 6 heteroatoms. The summed E-state index contributed by atoms with van der Waals surface area (Å²) in [6.07, 6.45) is 8.41. The highest BCUT2D eigenvalue weighted by atomic mass is 16.5. The fraction of sp³-hybridized carbons (Fsp3) is 0.833. The quantitative estimate of drug-likeness (QED) is 0.778. The molecule has 1 N–H and O–H groups in total. The molecule has 6 nitrogen and oxygen atoms in total. The van der Waals surface area contributed by atoms with E-state index in [1.165, 1.54) is 18.4 Å². The van der Waals surface area contributed by atoms with Crippen molar-refractivity contribution in [2.75, 3.05) is 39.5 Å². The van der Waals surface area contributed by atoms with Crippen LogP contribution in [0.15, 0.2) is 12.4 Å². The van der Waals surface area contributed by atoms with Gasteiger partial charge in [-0.2, -0.15) is 5.10 Å². The molecule has 0 radical (unpaired) electrons. The average Bonchev–Trinajstić information content (AvgIpc) is 3.21. The largest absolute Gasteiger partial charge is 0.389 e. The highest BCUT2D eigenvalue weighted by Gasteiger charge is 2.22. The fourth-order valence-corrected chi connectivity index (χ4v) is 3.64. The summed E-state index contributed by atoms with van der Waals surface area (Å²) in [5, 5.41) is 14.5. The van der Waals surface area contributed by atoms with Gasteiger partial charge in [-0.3, -0.25) is 4.68 Å². The third-order valence-electron chi connectivity index (χ3n) is 5.02. The number of nitrogens with zero attached hydrogens (tertiary/aromatic N) is 3. The Labute approximate surface area is 144 Å². The summed E-state index contributed by atoms with van der Waals surface area (Å²) >= 11 is 0. The molecule has 136 valence electrons. The number of piperidine rings is 1. The maximum absolute atomic E-state index is 10.2. The van der Waals surface area contributed by atoms with Crippen LogP contribution in [0.3, 0.4) is 0 Å². The number of aliphatic hydroxyl groups excluding tert-OH is 1. The number of hydrogen-bond donors (Lipinski definition) is 1. The Hall–Kier alpha value is -0.950. The lowest BCUT2D eigenvalue weighted by atomic mass is 9.96. The number of hydrogen-bond acceptors (Lipinski definition) is 5. The number of aromatic nitrogens is 2. The molecule has 2 atom stereocenters. The van der Waals surface area contributed by atoms with E-state index in [1.807, 2.05) is 6.20 Å². The Bertz CT molecular complexity index is 480. The first kappa shape index (κ1) is 17.9. The van der Waals surface area contributed by atoms with Crippen LogP contribution in [-0.2, 0) is 16.0 Å². The molecule has 1 aromatic rings. The molecule has 0 bridgehead atoms. The normalized spacial score (nSPS) is 24.5. The number of ether oxygens (including phenoxy) is 2. The van der Waals surface area contributed by atoms with Gasteiger partial charge in [0.2, 0.25) is 0 Å². The van der Waals surface area contributed by atoms with E-state index in [4.69, 9.17) is 9.47 Å². The number of β-amino-alcohol motifs (C(OH)–C–C–N with tert-alkyl or cyclic N) is 1. The Morgan fingerprint density at radius 3 is 2.88 bits per heavy atom. The first-order valence-electron chi connectivity index (χ1n) is 9.28. The highest BCUT2D eigenvalue weighted by Crippen LogP contribution is 2.19. The summed E-state index contributed by atoms with van der Waals surface area (Å²) in [4.78, 5) is 2.35. The Morgan fingerprint density at radius 2 is 2.21 bits per heavy atom. The van der Waals surface area contributed by atoms with Crippen LogP contribution in [0.1, 0.15) is 31.2 Å². The summed E-state index contributed by atoms with van der Waals surface area (Å²) < 4.78 is 13.2. The number of aliphatic hydroxyl groups is 1. The minimum absolute atomic E-state index is 0.235. The van der Waals surface area contributed by atoms with Crippen LogP contribution >= 0.6 is 0 Å². The minimum atomic E-state index is -0.406. The van der Waals surface area contributed by atoms with E-state index in [-0.39, 0.29) is 6.10 Å². The smallest absolute Gasteiger partial charge is 0.0900 e. The topological polar surface area (TPSA) is 59.8 Å². The van der Waals surface area contributed by atoms with E-state index in [2.05, 4.69) is 27.8 Å². The summed E-state index contributed by atoms with van der Waals surface area (Å²) in [5.74, 6) is 0.688. The molecule has 2 aliphatic rings. The van der Waals surface area contributed by atoms with Gasteiger partial charge in [-0.05, 0) is 57.2 Å². The molecule has 3 heterocycles. The van der Waals surface area contributed by atoms with Crippen molar-refractivity contribution in [3.8, 4) is 0 Å². The van der Waals surface area contributed by atoms with Gasteiger partial charge in [-0.25, -0.2) is 0 Å². The second kappa shape index (κ2) is 8.94. The predicted octanol–water partition coefficient (Wildman–Crippen LogP) is 1.46. The number of likely N-dealkylation sites (tertiary alicyclic amines) is 1. The van der Waals surface area contributed by atoms with E-state index in [1.54, 1.807) is 0 Å². The molecular weight excluding hydrogens is 306 g/mol. The molecule has 0 spiro atoms. The molecular formula is C18H31N3O3. The summed E-state index contributed by atoms with van der Waals surface area (Å²) in [7, 11) is 0. The standard InChI is InChI=1S/C18H31N3O3/c1-15-9-19-21(10-15)11-16-4-6-20(7-5-16)12-17(22)13-23-14-18-3-2-8-24-18/h9-10,16-18,22H,2-8,11-14H2,1H3/t17-,18+/m0/s1. The van der Waals surface area contributed by atoms with E-state index < -0.39 is 6.10 Å². The molecule has 0 amide bonds. The van der Waals surface area contributed by atoms with Crippen molar-refractivity contribution in [3.63, 3.8) is 0 Å². The van der Waals surface area contributed by atoms with Gasteiger partial charge in [0.1, 0.15) is 0 Å². The average molecular weight is 337 g/mol. The van der Waals surface area contributed by atoms with Crippen molar-refractivity contribution in [2.45, 2.75) is 51.4 Å². The maximum Gasteiger partial charge on any atom is 0.0900 e. The lowest BCUT2D eigenvalue weighted by Crippen LogP contribution is -2.41. The van der Waals surface area contributed by atoms with Crippen LogP contribution in [0.25, 0.3) is 0 Å². The van der Waals surface area contributed by atoms with Crippen molar-refractivity contribution in [2.24, 2.45) is 5.92 Å². The molecule has 24 heavy (non-hydrogen) atoms. The lowest BCUT2D eigenvalue weighted by Gasteiger charge is -2.33. The SMILES string of the molecule is Cc1cnn(CC2CCN(C[C@H](O)COC[C@H]3CCCO3)CC2)c1. The minimum Gasteiger partial charge on any atom is -0.389 e. The first-order valence-corrected chi connectivity index (χ1v) is 9.28. The predicted molar refractivity (Wildman–Crippen MR) is 91.9 cm³/mol. The van der Waals surface area contributed by atoms with Crippen molar-refractivity contribution in [1.29, 1.82) is 0 Å². The zero-order valence-corrected chi connectivity index (χ0v) is 14.8. The van der Waals surface area contributed by atoms with Gasteiger partial charge in [0.05, 0.1) is 31.6 Å². The van der Waals surface area contributed by atoms with Crippen LogP contribution in [0.5, 0.6) is 0 Å². The van der Waals surface area contributed by atoms with Gasteiger partial charge in [0.15, 0.2) is 0 Å². The summed E-state index contributed by atoms with van der Waals surface area (Å²) in [5.41, 5.74) is 1.22. The molecule has 0 aliphatic carbocycles. The highest BCUT2D eigenvalue weighted by molar-refractivity contribution is 4.99. The van der Waals surface area contributed by atoms with Crippen LogP contribution in [0.4, 0.5) is 0 Å². The zero-order chi connectivity index (χ0) is 16.8. The van der Waals surface area contributed by atoms with Crippen molar-refractivity contribution in [1.82, 2.24) is 14.7 Å². The van der Waals surface area contributed by atoms with E-state index in [0.717, 1.165) is 39.1 Å². The Kier molecular flexibility index (Phi) is 6.66. The summed E-state index contributed by atoms with van der Waals surface area (Å²) in [6.45, 7) is 7.77. The molecule has 2 saturated heterocycles.